The summed E-state index contributed by atoms with van der Waals surface area (Å²) in [6.07, 6.45) is -5.08. The summed E-state index contributed by atoms with van der Waals surface area (Å²) in [5.74, 6) is -0.757. The van der Waals surface area contributed by atoms with Gasteiger partial charge in [-0.25, -0.2) is 0 Å². The molecule has 0 bridgehead atoms. The van der Waals surface area contributed by atoms with Crippen LogP contribution in [0, 0.1) is 0 Å². The fraction of sp³-hybridized carbons (Fsp3) is 0.462. The molecule has 2 rings (SSSR count). The Morgan fingerprint density at radius 2 is 2.24 bits per heavy atom. The van der Waals surface area contributed by atoms with Crippen LogP contribution in [0.4, 0.5) is 18.9 Å². The predicted molar refractivity (Wildman–Crippen MR) is 69.0 cm³/mol. The number of amides is 1. The van der Waals surface area contributed by atoms with Crippen molar-refractivity contribution in [3.8, 4) is 5.75 Å². The summed E-state index contributed by atoms with van der Waals surface area (Å²) in [5.41, 5.74) is 0.223. The zero-order valence-corrected chi connectivity index (χ0v) is 11.2. The number of halogens is 3. The lowest BCUT2D eigenvalue weighted by atomic mass is 10.1. The molecule has 1 amide bonds. The first kappa shape index (κ1) is 15.6. The average Bonchev–Trinajstić information content (AvgIpc) is 2.37. The molecule has 1 aromatic rings. The van der Waals surface area contributed by atoms with Crippen LogP contribution in [0.2, 0.25) is 0 Å². The van der Waals surface area contributed by atoms with Crippen molar-refractivity contribution < 1.29 is 27.4 Å². The van der Waals surface area contributed by atoms with Gasteiger partial charge in [-0.05, 0) is 19.1 Å². The van der Waals surface area contributed by atoms with E-state index in [1.807, 2.05) is 0 Å². The number of carbonyl (C=O) groups excluding carboxylic acids is 1. The third-order valence-corrected chi connectivity index (χ3v) is 2.93. The van der Waals surface area contributed by atoms with Crippen LogP contribution in [-0.2, 0) is 9.53 Å². The smallest absolute Gasteiger partial charge is 0.406 e. The normalized spacial score (nSPS) is 22.7. The highest BCUT2D eigenvalue weighted by Crippen LogP contribution is 2.25. The molecule has 1 fully saturated rings. The fourth-order valence-electron chi connectivity index (χ4n) is 2.02. The van der Waals surface area contributed by atoms with Gasteiger partial charge in [0.25, 0.3) is 0 Å². The summed E-state index contributed by atoms with van der Waals surface area (Å²) in [4.78, 5) is 12.1. The Hall–Kier alpha value is -1.80. The number of carbonyl (C=O) groups is 1. The Kier molecular flexibility index (Phi) is 4.69. The molecule has 5 nitrogen and oxygen atoms in total. The number of ether oxygens (including phenoxy) is 2. The van der Waals surface area contributed by atoms with Gasteiger partial charge in [0.15, 0.2) is 0 Å². The van der Waals surface area contributed by atoms with Crippen molar-refractivity contribution in [3.63, 3.8) is 0 Å². The first-order valence-electron chi connectivity index (χ1n) is 6.37. The second-order valence-electron chi connectivity index (χ2n) is 4.57. The quantitative estimate of drug-likeness (QED) is 0.895. The summed E-state index contributed by atoms with van der Waals surface area (Å²) < 4.78 is 45.6. The number of hydrogen-bond acceptors (Lipinski definition) is 4. The van der Waals surface area contributed by atoms with Gasteiger partial charge in [0.1, 0.15) is 11.8 Å². The van der Waals surface area contributed by atoms with Crippen molar-refractivity contribution in [1.29, 1.82) is 0 Å². The average molecular weight is 304 g/mol. The first-order valence-corrected chi connectivity index (χ1v) is 6.37. The third kappa shape index (κ3) is 4.61. The number of anilines is 1. The fourth-order valence-corrected chi connectivity index (χ4v) is 2.02. The van der Waals surface area contributed by atoms with Gasteiger partial charge in [-0.2, -0.15) is 0 Å². The van der Waals surface area contributed by atoms with Gasteiger partial charge >= 0.3 is 6.36 Å². The van der Waals surface area contributed by atoms with Crippen LogP contribution in [0.15, 0.2) is 24.3 Å². The Labute approximate surface area is 119 Å². The monoisotopic (exact) mass is 304 g/mol. The molecule has 2 atom stereocenters. The summed E-state index contributed by atoms with van der Waals surface area (Å²) in [6, 6.07) is 4.57. The summed E-state index contributed by atoms with van der Waals surface area (Å²) in [7, 11) is 0. The Morgan fingerprint density at radius 3 is 2.90 bits per heavy atom. The molecular weight excluding hydrogens is 289 g/mol. The maximum atomic E-state index is 12.1. The van der Waals surface area contributed by atoms with E-state index in [-0.39, 0.29) is 23.4 Å². The van der Waals surface area contributed by atoms with Crippen molar-refractivity contribution in [3.05, 3.63) is 24.3 Å². The number of rotatable bonds is 3. The number of hydrogen-bond donors (Lipinski definition) is 2. The van der Waals surface area contributed by atoms with E-state index >= 15 is 0 Å². The molecule has 0 unspecified atom stereocenters. The molecule has 0 radical (unpaired) electrons. The van der Waals surface area contributed by atoms with Crippen LogP contribution in [0.1, 0.15) is 6.92 Å². The minimum atomic E-state index is -4.77. The zero-order valence-electron chi connectivity index (χ0n) is 11.2. The standard InChI is InChI=1S/C13H15F3N2O3/c1-8-11(17-5-6-20-8)12(19)18-9-3-2-4-10(7-9)21-13(14,15)16/h2-4,7-8,11,17H,5-6H2,1H3,(H,18,19)/t8-,11+/m1/s1. The van der Waals surface area contributed by atoms with Crippen LogP contribution in [0.25, 0.3) is 0 Å². The van der Waals surface area contributed by atoms with Gasteiger partial charge in [0.05, 0.1) is 12.7 Å². The number of nitrogens with one attached hydrogen (secondary N) is 2. The largest absolute Gasteiger partial charge is 0.573 e. The molecule has 1 heterocycles. The molecule has 1 aliphatic rings. The highest BCUT2D eigenvalue weighted by molar-refractivity contribution is 5.95. The summed E-state index contributed by atoms with van der Waals surface area (Å²) in [6.45, 7) is 2.80. The lowest BCUT2D eigenvalue weighted by molar-refractivity contribution is -0.274. The highest BCUT2D eigenvalue weighted by atomic mass is 19.4. The first-order chi connectivity index (χ1) is 9.85. The summed E-state index contributed by atoms with van der Waals surface area (Å²) in [5, 5.41) is 5.53. The second kappa shape index (κ2) is 6.31. The van der Waals surface area contributed by atoms with Crippen molar-refractivity contribution in [2.24, 2.45) is 0 Å². The Balaban J connectivity index is 2.02. The van der Waals surface area contributed by atoms with E-state index in [0.717, 1.165) is 12.1 Å². The van der Waals surface area contributed by atoms with E-state index < -0.39 is 12.4 Å². The molecule has 116 valence electrons. The van der Waals surface area contributed by atoms with Crippen LogP contribution in [0.3, 0.4) is 0 Å². The van der Waals surface area contributed by atoms with Gasteiger partial charge < -0.3 is 20.1 Å². The van der Waals surface area contributed by atoms with Crippen molar-refractivity contribution in [1.82, 2.24) is 5.32 Å². The molecule has 0 saturated carbocycles. The van der Waals surface area contributed by atoms with E-state index in [9.17, 15) is 18.0 Å². The minimum Gasteiger partial charge on any atom is -0.406 e. The van der Waals surface area contributed by atoms with Crippen molar-refractivity contribution >= 4 is 11.6 Å². The highest BCUT2D eigenvalue weighted by Gasteiger charge is 2.31. The van der Waals surface area contributed by atoms with Crippen molar-refractivity contribution in [2.75, 3.05) is 18.5 Å². The van der Waals surface area contributed by atoms with Gasteiger partial charge in [-0.1, -0.05) is 6.07 Å². The van der Waals surface area contributed by atoms with E-state index in [1.54, 1.807) is 6.92 Å². The molecule has 0 spiro atoms. The van der Waals surface area contributed by atoms with Gasteiger partial charge in [-0.3, -0.25) is 4.79 Å². The molecule has 1 aliphatic heterocycles. The third-order valence-electron chi connectivity index (χ3n) is 2.93. The van der Waals surface area contributed by atoms with Crippen LogP contribution >= 0.6 is 0 Å². The van der Waals surface area contributed by atoms with E-state index in [2.05, 4.69) is 15.4 Å². The molecule has 0 aliphatic carbocycles. The molecular formula is C13H15F3N2O3. The van der Waals surface area contributed by atoms with Crippen LogP contribution in [-0.4, -0.2) is 37.6 Å². The lowest BCUT2D eigenvalue weighted by Gasteiger charge is -2.29. The summed E-state index contributed by atoms with van der Waals surface area (Å²) >= 11 is 0. The molecule has 0 aromatic heterocycles. The minimum absolute atomic E-state index is 0.223. The maximum absolute atomic E-state index is 12.1. The molecule has 21 heavy (non-hydrogen) atoms. The molecule has 8 heteroatoms. The van der Waals surface area contributed by atoms with Gasteiger partial charge in [0, 0.05) is 18.3 Å². The van der Waals surface area contributed by atoms with E-state index in [1.165, 1.54) is 12.1 Å². The van der Waals surface area contributed by atoms with Gasteiger partial charge in [-0.15, -0.1) is 13.2 Å². The topological polar surface area (TPSA) is 59.6 Å². The van der Waals surface area contributed by atoms with Crippen LogP contribution in [0.5, 0.6) is 5.75 Å². The van der Waals surface area contributed by atoms with Crippen LogP contribution < -0.4 is 15.4 Å². The second-order valence-corrected chi connectivity index (χ2v) is 4.57. The van der Waals surface area contributed by atoms with Gasteiger partial charge in [0.2, 0.25) is 5.91 Å². The number of alkyl halides is 3. The Morgan fingerprint density at radius 1 is 1.48 bits per heavy atom. The zero-order chi connectivity index (χ0) is 15.5. The molecule has 1 saturated heterocycles. The number of morpholine rings is 1. The lowest BCUT2D eigenvalue weighted by Crippen LogP contribution is -2.53. The maximum Gasteiger partial charge on any atom is 0.573 e. The van der Waals surface area contributed by atoms with E-state index in [4.69, 9.17) is 4.74 Å². The Bertz CT molecular complexity index is 508. The SMILES string of the molecule is C[C@H]1OCCN[C@@H]1C(=O)Nc1cccc(OC(F)(F)F)c1. The predicted octanol–water partition coefficient (Wildman–Crippen LogP) is 1.90. The number of benzene rings is 1. The molecule has 1 aromatic carbocycles. The van der Waals surface area contributed by atoms with Crippen molar-refractivity contribution in [2.45, 2.75) is 25.4 Å². The molecule has 2 N–H and O–H groups in total. The van der Waals surface area contributed by atoms with E-state index in [0.29, 0.717) is 13.2 Å².